The van der Waals surface area contributed by atoms with E-state index in [0.717, 1.165) is 23.8 Å². The van der Waals surface area contributed by atoms with Crippen molar-refractivity contribution in [3.63, 3.8) is 0 Å². The third-order valence-corrected chi connectivity index (χ3v) is 6.70. The number of hydrogen-bond acceptors (Lipinski definition) is 3. The van der Waals surface area contributed by atoms with Crippen LogP contribution in [0.4, 0.5) is 0 Å². The van der Waals surface area contributed by atoms with Crippen LogP contribution in [0.5, 0.6) is 0 Å². The fraction of sp³-hybridized carbons (Fsp3) is 0.500. The Hall–Kier alpha value is -1.62. The summed E-state index contributed by atoms with van der Waals surface area (Å²) in [7, 11) is -0.901. The molecule has 2 heterocycles. The Kier molecular flexibility index (Phi) is 4.32. The van der Waals surface area contributed by atoms with Crippen LogP contribution in [-0.4, -0.2) is 38.6 Å². The SMILES string of the molecule is CCc1ccc2occ(C(=O)N3CCS(=O)C(C)(C)CC3)c2c1. The number of carbonyl (C=O) groups excluding carboxylic acids is 1. The topological polar surface area (TPSA) is 50.5 Å². The first-order valence-corrected chi connectivity index (χ1v) is 9.42. The zero-order valence-electron chi connectivity index (χ0n) is 13.9. The number of amides is 1. The van der Waals surface area contributed by atoms with Crippen LogP contribution in [-0.2, 0) is 17.2 Å². The van der Waals surface area contributed by atoms with Gasteiger partial charge in [0.25, 0.3) is 5.91 Å². The van der Waals surface area contributed by atoms with Gasteiger partial charge in [-0.05, 0) is 44.4 Å². The molecule has 23 heavy (non-hydrogen) atoms. The van der Waals surface area contributed by atoms with E-state index >= 15 is 0 Å². The smallest absolute Gasteiger partial charge is 0.257 e. The first kappa shape index (κ1) is 16.2. The predicted molar refractivity (Wildman–Crippen MR) is 93.2 cm³/mol. The number of hydrogen-bond donors (Lipinski definition) is 0. The highest BCUT2D eigenvalue weighted by atomic mass is 32.2. The van der Waals surface area contributed by atoms with Crippen molar-refractivity contribution < 1.29 is 13.4 Å². The minimum absolute atomic E-state index is 0.0216. The lowest BCUT2D eigenvalue weighted by molar-refractivity contribution is 0.0765. The van der Waals surface area contributed by atoms with Crippen LogP contribution in [0.1, 0.15) is 43.1 Å². The number of carbonyl (C=O) groups is 1. The summed E-state index contributed by atoms with van der Waals surface area (Å²) in [5.41, 5.74) is 2.54. The zero-order chi connectivity index (χ0) is 16.6. The third kappa shape index (κ3) is 3.07. The van der Waals surface area contributed by atoms with E-state index in [1.807, 2.05) is 36.9 Å². The van der Waals surface area contributed by atoms with Crippen LogP contribution in [0, 0.1) is 0 Å². The molecule has 1 aromatic carbocycles. The number of fused-ring (bicyclic) bond motifs is 1. The Balaban J connectivity index is 1.90. The Morgan fingerprint density at radius 2 is 2.13 bits per heavy atom. The van der Waals surface area contributed by atoms with E-state index in [9.17, 15) is 9.00 Å². The van der Waals surface area contributed by atoms with Gasteiger partial charge in [-0.2, -0.15) is 0 Å². The van der Waals surface area contributed by atoms with Crippen LogP contribution in [0.15, 0.2) is 28.9 Å². The molecule has 1 atom stereocenters. The summed E-state index contributed by atoms with van der Waals surface area (Å²) in [6.45, 7) is 7.29. The van der Waals surface area contributed by atoms with E-state index in [1.165, 1.54) is 5.56 Å². The monoisotopic (exact) mass is 333 g/mol. The van der Waals surface area contributed by atoms with Crippen molar-refractivity contribution in [3.05, 3.63) is 35.6 Å². The summed E-state index contributed by atoms with van der Waals surface area (Å²) in [4.78, 5) is 14.7. The van der Waals surface area contributed by atoms with Crippen molar-refractivity contribution in [3.8, 4) is 0 Å². The summed E-state index contributed by atoms with van der Waals surface area (Å²) in [5, 5.41) is 0.874. The van der Waals surface area contributed by atoms with E-state index in [4.69, 9.17) is 4.42 Å². The van der Waals surface area contributed by atoms with Crippen LogP contribution in [0.25, 0.3) is 11.0 Å². The number of aryl methyl sites for hydroxylation is 1. The van der Waals surface area contributed by atoms with Crippen molar-refractivity contribution >= 4 is 27.7 Å². The van der Waals surface area contributed by atoms with E-state index in [0.29, 0.717) is 24.4 Å². The predicted octanol–water partition coefficient (Wildman–Crippen LogP) is 3.37. The molecule has 0 spiro atoms. The molecule has 0 N–H and O–H groups in total. The number of furan rings is 1. The highest BCUT2D eigenvalue weighted by Gasteiger charge is 2.32. The molecule has 5 heteroatoms. The van der Waals surface area contributed by atoms with Crippen molar-refractivity contribution in [2.24, 2.45) is 0 Å². The first-order chi connectivity index (χ1) is 10.9. The molecule has 0 saturated carbocycles. The largest absolute Gasteiger partial charge is 0.463 e. The van der Waals surface area contributed by atoms with Gasteiger partial charge in [-0.1, -0.05) is 13.0 Å². The van der Waals surface area contributed by atoms with Crippen molar-refractivity contribution in [2.45, 2.75) is 38.4 Å². The maximum atomic E-state index is 12.9. The van der Waals surface area contributed by atoms with Crippen molar-refractivity contribution in [1.82, 2.24) is 4.90 Å². The van der Waals surface area contributed by atoms with Crippen molar-refractivity contribution in [2.75, 3.05) is 18.8 Å². The molecule has 1 aliphatic rings. The number of benzene rings is 1. The highest BCUT2D eigenvalue weighted by Crippen LogP contribution is 2.27. The summed E-state index contributed by atoms with van der Waals surface area (Å²) < 4.78 is 17.6. The Bertz CT molecular complexity index is 763. The molecule has 4 nitrogen and oxygen atoms in total. The van der Waals surface area contributed by atoms with Gasteiger partial charge in [0.05, 0.1) is 5.56 Å². The lowest BCUT2D eigenvalue weighted by Crippen LogP contribution is -2.33. The molecule has 1 unspecified atom stereocenters. The van der Waals surface area contributed by atoms with Gasteiger partial charge in [-0.3, -0.25) is 9.00 Å². The quantitative estimate of drug-likeness (QED) is 0.847. The second-order valence-electron chi connectivity index (χ2n) is 6.68. The maximum Gasteiger partial charge on any atom is 0.257 e. The molecule has 1 saturated heterocycles. The molecule has 3 rings (SSSR count). The number of rotatable bonds is 2. The van der Waals surface area contributed by atoms with Gasteiger partial charge >= 0.3 is 0 Å². The Labute approximate surface area is 139 Å². The van der Waals surface area contributed by atoms with Gasteiger partial charge in [0.15, 0.2) is 0 Å². The van der Waals surface area contributed by atoms with Crippen molar-refractivity contribution in [1.29, 1.82) is 0 Å². The van der Waals surface area contributed by atoms with Gasteiger partial charge in [-0.15, -0.1) is 0 Å². The lowest BCUT2D eigenvalue weighted by atomic mass is 10.1. The zero-order valence-corrected chi connectivity index (χ0v) is 14.7. The van der Waals surface area contributed by atoms with Crippen LogP contribution >= 0.6 is 0 Å². The fourth-order valence-electron chi connectivity index (χ4n) is 2.93. The summed E-state index contributed by atoms with van der Waals surface area (Å²) >= 11 is 0. The molecule has 1 aliphatic heterocycles. The van der Waals surface area contributed by atoms with Gasteiger partial charge < -0.3 is 9.32 Å². The molecule has 2 aromatic rings. The van der Waals surface area contributed by atoms with E-state index in [1.54, 1.807) is 6.26 Å². The van der Waals surface area contributed by atoms with Crippen LogP contribution < -0.4 is 0 Å². The maximum absolute atomic E-state index is 12.9. The van der Waals surface area contributed by atoms with E-state index in [2.05, 4.69) is 6.92 Å². The van der Waals surface area contributed by atoms with Gasteiger partial charge in [-0.25, -0.2) is 0 Å². The molecule has 1 aromatic heterocycles. The van der Waals surface area contributed by atoms with Gasteiger partial charge in [0.2, 0.25) is 0 Å². The lowest BCUT2D eigenvalue weighted by Gasteiger charge is -2.22. The molecule has 1 amide bonds. The van der Waals surface area contributed by atoms with Crippen LogP contribution in [0.3, 0.4) is 0 Å². The Morgan fingerprint density at radius 3 is 2.87 bits per heavy atom. The van der Waals surface area contributed by atoms with E-state index < -0.39 is 10.8 Å². The highest BCUT2D eigenvalue weighted by molar-refractivity contribution is 7.86. The molecule has 0 radical (unpaired) electrons. The molecule has 0 aliphatic carbocycles. The minimum Gasteiger partial charge on any atom is -0.463 e. The molecular formula is C18H23NO3S. The Morgan fingerprint density at radius 1 is 1.35 bits per heavy atom. The standard InChI is InChI=1S/C18H23NO3S/c1-4-13-5-6-16-14(11-13)15(12-22-16)17(20)19-8-7-18(2,3)23(21)10-9-19/h5-6,11-12H,4,7-10H2,1-3H3. The normalized spacial score (nSPS) is 21.3. The molecule has 124 valence electrons. The van der Waals surface area contributed by atoms with Gasteiger partial charge in [0, 0.05) is 39.8 Å². The first-order valence-electron chi connectivity index (χ1n) is 8.10. The molecule has 0 bridgehead atoms. The average molecular weight is 333 g/mol. The minimum atomic E-state index is -0.901. The van der Waals surface area contributed by atoms with Crippen LogP contribution in [0.2, 0.25) is 0 Å². The molecular weight excluding hydrogens is 310 g/mol. The molecule has 1 fully saturated rings. The second-order valence-corrected chi connectivity index (χ2v) is 8.89. The summed E-state index contributed by atoms with van der Waals surface area (Å²) in [6.07, 6.45) is 3.23. The average Bonchev–Trinajstić information content (AvgIpc) is 2.90. The summed E-state index contributed by atoms with van der Waals surface area (Å²) in [5.74, 6) is 0.515. The second kappa shape index (κ2) is 6.11. The van der Waals surface area contributed by atoms with Gasteiger partial charge in [0.1, 0.15) is 11.8 Å². The van der Waals surface area contributed by atoms with E-state index in [-0.39, 0.29) is 10.7 Å². The number of nitrogens with zero attached hydrogens (tertiary/aromatic N) is 1. The summed E-state index contributed by atoms with van der Waals surface area (Å²) in [6, 6.07) is 5.98. The third-order valence-electron chi connectivity index (χ3n) is 4.71. The fourth-order valence-corrected chi connectivity index (χ4v) is 4.19.